The summed E-state index contributed by atoms with van der Waals surface area (Å²) in [6, 6.07) is 0.545. The molecule has 6 heteroatoms. The summed E-state index contributed by atoms with van der Waals surface area (Å²) in [5.74, 6) is 0. The molecule has 0 bridgehead atoms. The Morgan fingerprint density at radius 3 is 2.71 bits per heavy atom. The molecule has 0 radical (unpaired) electrons. The minimum Gasteiger partial charge on any atom is -0.381 e. The van der Waals surface area contributed by atoms with Gasteiger partial charge in [-0.15, -0.1) is 10.2 Å². The maximum absolute atomic E-state index is 5.32. The summed E-state index contributed by atoms with van der Waals surface area (Å²) in [7, 11) is 2.07. The maximum atomic E-state index is 5.32. The highest BCUT2D eigenvalue weighted by Crippen LogP contribution is 2.26. The van der Waals surface area contributed by atoms with E-state index < -0.39 is 0 Å². The lowest BCUT2D eigenvalue weighted by molar-refractivity contribution is 0.0854. The predicted octanol–water partition coefficient (Wildman–Crippen LogP) is 1.92. The number of rotatable bonds is 2. The molecule has 1 saturated heterocycles. The minimum absolute atomic E-state index is 0.545. The van der Waals surface area contributed by atoms with E-state index in [1.165, 1.54) is 0 Å². The standard InChI is InChI=1S/C8H12BrN3OS/c1-12(6-2-4-13-5-3-6)8-11-10-7(9)14-8/h6H,2-5H2,1H3. The van der Waals surface area contributed by atoms with Gasteiger partial charge < -0.3 is 9.64 Å². The van der Waals surface area contributed by atoms with Crippen molar-refractivity contribution < 1.29 is 4.74 Å². The van der Waals surface area contributed by atoms with Crippen LogP contribution < -0.4 is 4.90 Å². The van der Waals surface area contributed by atoms with E-state index in [1.54, 1.807) is 11.3 Å². The fourth-order valence-corrected chi connectivity index (χ4v) is 2.69. The minimum atomic E-state index is 0.545. The van der Waals surface area contributed by atoms with Gasteiger partial charge in [-0.05, 0) is 28.8 Å². The van der Waals surface area contributed by atoms with Crippen molar-refractivity contribution in [3.63, 3.8) is 0 Å². The van der Waals surface area contributed by atoms with Crippen LogP contribution >= 0.6 is 27.3 Å². The zero-order valence-electron chi connectivity index (χ0n) is 7.94. The van der Waals surface area contributed by atoms with Crippen molar-refractivity contribution in [3.05, 3.63) is 3.92 Å². The number of halogens is 1. The quantitative estimate of drug-likeness (QED) is 0.828. The largest absolute Gasteiger partial charge is 0.381 e. The van der Waals surface area contributed by atoms with Gasteiger partial charge in [0.2, 0.25) is 5.13 Å². The summed E-state index contributed by atoms with van der Waals surface area (Å²) in [6.07, 6.45) is 2.15. The normalized spacial score (nSPS) is 18.4. The fourth-order valence-electron chi connectivity index (χ4n) is 1.57. The van der Waals surface area contributed by atoms with Crippen LogP contribution in [0.5, 0.6) is 0 Å². The van der Waals surface area contributed by atoms with Crippen molar-refractivity contribution in [1.29, 1.82) is 0 Å². The zero-order valence-corrected chi connectivity index (χ0v) is 10.3. The van der Waals surface area contributed by atoms with Crippen LogP contribution in [0.1, 0.15) is 12.8 Å². The summed E-state index contributed by atoms with van der Waals surface area (Å²) in [6.45, 7) is 1.71. The smallest absolute Gasteiger partial charge is 0.209 e. The van der Waals surface area contributed by atoms with Gasteiger partial charge in [-0.1, -0.05) is 11.3 Å². The van der Waals surface area contributed by atoms with Crippen LogP contribution in [0.15, 0.2) is 3.92 Å². The Bertz CT molecular complexity index is 301. The Kier molecular flexibility index (Phi) is 3.35. The molecular formula is C8H12BrN3OS. The molecule has 0 N–H and O–H groups in total. The summed E-state index contributed by atoms with van der Waals surface area (Å²) in [4.78, 5) is 2.20. The third-order valence-corrected chi connectivity index (χ3v) is 3.88. The molecule has 1 aliphatic rings. The maximum Gasteiger partial charge on any atom is 0.209 e. The van der Waals surface area contributed by atoms with E-state index >= 15 is 0 Å². The summed E-state index contributed by atoms with van der Waals surface area (Å²) < 4.78 is 6.16. The number of aromatic nitrogens is 2. The van der Waals surface area contributed by atoms with Crippen LogP contribution in [0, 0.1) is 0 Å². The van der Waals surface area contributed by atoms with E-state index in [9.17, 15) is 0 Å². The number of hydrogen-bond donors (Lipinski definition) is 0. The van der Waals surface area contributed by atoms with Crippen LogP contribution in [0.4, 0.5) is 5.13 Å². The molecular weight excluding hydrogens is 266 g/mol. The monoisotopic (exact) mass is 277 g/mol. The first-order valence-corrected chi connectivity index (χ1v) is 6.18. The van der Waals surface area contributed by atoms with Crippen molar-refractivity contribution in [1.82, 2.24) is 10.2 Å². The van der Waals surface area contributed by atoms with Crippen molar-refractivity contribution in [2.45, 2.75) is 18.9 Å². The Morgan fingerprint density at radius 2 is 2.14 bits per heavy atom. The van der Waals surface area contributed by atoms with E-state index in [2.05, 4.69) is 38.1 Å². The Labute approximate surface area is 95.4 Å². The average molecular weight is 278 g/mol. The van der Waals surface area contributed by atoms with Gasteiger partial charge in [0.05, 0.1) is 0 Å². The first-order chi connectivity index (χ1) is 6.77. The number of nitrogens with zero attached hydrogens (tertiary/aromatic N) is 3. The molecule has 1 fully saturated rings. The molecule has 0 saturated carbocycles. The third kappa shape index (κ3) is 2.24. The van der Waals surface area contributed by atoms with Crippen molar-refractivity contribution >= 4 is 32.4 Å². The second kappa shape index (κ2) is 4.55. The molecule has 1 aromatic rings. The Balaban J connectivity index is 2.03. The van der Waals surface area contributed by atoms with Crippen LogP contribution in [0.2, 0.25) is 0 Å². The molecule has 0 spiro atoms. The number of anilines is 1. The van der Waals surface area contributed by atoms with Gasteiger partial charge in [-0.3, -0.25) is 0 Å². The molecule has 1 aromatic heterocycles. The summed E-state index contributed by atoms with van der Waals surface area (Å²) in [5.41, 5.74) is 0. The van der Waals surface area contributed by atoms with Crippen molar-refractivity contribution in [2.75, 3.05) is 25.2 Å². The van der Waals surface area contributed by atoms with Gasteiger partial charge in [0.1, 0.15) is 0 Å². The molecule has 2 heterocycles. The Morgan fingerprint density at radius 1 is 1.43 bits per heavy atom. The van der Waals surface area contributed by atoms with Crippen LogP contribution in [-0.4, -0.2) is 36.5 Å². The second-order valence-electron chi connectivity index (χ2n) is 3.29. The van der Waals surface area contributed by atoms with E-state index in [0.29, 0.717) is 6.04 Å². The average Bonchev–Trinajstić information content (AvgIpc) is 2.65. The first kappa shape index (κ1) is 10.3. The molecule has 0 amide bonds. The predicted molar refractivity (Wildman–Crippen MR) is 59.9 cm³/mol. The molecule has 14 heavy (non-hydrogen) atoms. The van der Waals surface area contributed by atoms with Crippen LogP contribution in [-0.2, 0) is 4.74 Å². The van der Waals surface area contributed by atoms with E-state index in [-0.39, 0.29) is 0 Å². The Hall–Kier alpha value is -0.200. The summed E-state index contributed by atoms with van der Waals surface area (Å²) >= 11 is 4.89. The molecule has 2 rings (SSSR count). The molecule has 0 atom stereocenters. The third-order valence-electron chi connectivity index (χ3n) is 2.43. The topological polar surface area (TPSA) is 38.2 Å². The zero-order chi connectivity index (χ0) is 9.97. The number of hydrogen-bond acceptors (Lipinski definition) is 5. The van der Waals surface area contributed by atoms with Crippen LogP contribution in [0.3, 0.4) is 0 Å². The van der Waals surface area contributed by atoms with Crippen molar-refractivity contribution in [3.8, 4) is 0 Å². The lowest BCUT2D eigenvalue weighted by Crippen LogP contribution is -2.36. The van der Waals surface area contributed by atoms with Crippen LogP contribution in [0.25, 0.3) is 0 Å². The van der Waals surface area contributed by atoms with E-state index in [0.717, 1.165) is 35.1 Å². The van der Waals surface area contributed by atoms with E-state index in [4.69, 9.17) is 4.74 Å². The first-order valence-electron chi connectivity index (χ1n) is 4.57. The highest BCUT2D eigenvalue weighted by molar-refractivity contribution is 9.11. The molecule has 0 unspecified atom stereocenters. The van der Waals surface area contributed by atoms with Gasteiger partial charge >= 0.3 is 0 Å². The molecule has 0 aliphatic carbocycles. The van der Waals surface area contributed by atoms with E-state index in [1.807, 2.05) is 0 Å². The van der Waals surface area contributed by atoms with Gasteiger partial charge in [0, 0.05) is 26.3 Å². The molecule has 0 aromatic carbocycles. The van der Waals surface area contributed by atoms with Gasteiger partial charge in [0.15, 0.2) is 3.92 Å². The van der Waals surface area contributed by atoms with Gasteiger partial charge in [-0.25, -0.2) is 0 Å². The SMILES string of the molecule is CN(c1nnc(Br)s1)C1CCOCC1. The lowest BCUT2D eigenvalue weighted by Gasteiger charge is -2.30. The van der Waals surface area contributed by atoms with Gasteiger partial charge in [0.25, 0.3) is 0 Å². The fraction of sp³-hybridized carbons (Fsp3) is 0.750. The highest BCUT2D eigenvalue weighted by atomic mass is 79.9. The lowest BCUT2D eigenvalue weighted by atomic mass is 10.1. The van der Waals surface area contributed by atoms with Gasteiger partial charge in [-0.2, -0.15) is 0 Å². The highest BCUT2D eigenvalue weighted by Gasteiger charge is 2.20. The second-order valence-corrected chi connectivity index (χ2v) is 5.52. The van der Waals surface area contributed by atoms with Crippen molar-refractivity contribution in [2.24, 2.45) is 0 Å². The molecule has 4 nitrogen and oxygen atoms in total. The number of ether oxygens (including phenoxy) is 1. The summed E-state index contributed by atoms with van der Waals surface area (Å²) in [5, 5.41) is 9.02. The molecule has 1 aliphatic heterocycles. The molecule has 78 valence electrons.